The van der Waals surface area contributed by atoms with E-state index < -0.39 is 0 Å². The van der Waals surface area contributed by atoms with E-state index in [1.165, 1.54) is 44.9 Å². The third-order valence-corrected chi connectivity index (χ3v) is 2.65. The molecule has 0 saturated heterocycles. The van der Waals surface area contributed by atoms with Gasteiger partial charge in [-0.25, -0.2) is 0 Å². The molecule has 0 aromatic heterocycles. The molecule has 0 saturated carbocycles. The molecule has 0 aromatic carbocycles. The molecule has 0 bridgehead atoms. The van der Waals surface area contributed by atoms with Gasteiger partial charge in [-0.15, -0.1) is 0 Å². The summed E-state index contributed by atoms with van der Waals surface area (Å²) in [6, 6.07) is 0. The smallest absolute Gasteiger partial charge is 0.320 e. The zero-order valence-electron chi connectivity index (χ0n) is 11.1. The first-order valence-corrected chi connectivity index (χ1v) is 6.82. The molecule has 0 aliphatic heterocycles. The van der Waals surface area contributed by atoms with E-state index in [0.29, 0.717) is 6.61 Å². The van der Waals surface area contributed by atoms with Crippen LogP contribution >= 0.6 is 0 Å². The first-order chi connectivity index (χ1) is 8.31. The number of hydrogen-bond donors (Lipinski definition) is 1. The first-order valence-electron chi connectivity index (χ1n) is 6.82. The molecule has 0 radical (unpaired) electrons. The molecule has 3 heteroatoms. The lowest BCUT2D eigenvalue weighted by atomic mass is 10.1. The number of allylic oxidation sites excluding steroid dienone is 1. The van der Waals surface area contributed by atoms with E-state index in [-0.39, 0.29) is 12.5 Å². The Labute approximate surface area is 105 Å². The topological polar surface area (TPSA) is 52.3 Å². The molecule has 0 fully saturated rings. The summed E-state index contributed by atoms with van der Waals surface area (Å²) < 4.78 is 4.81. The average Bonchev–Trinajstić information content (AvgIpc) is 2.35. The second kappa shape index (κ2) is 13.2. The summed E-state index contributed by atoms with van der Waals surface area (Å²) in [4.78, 5) is 10.7. The minimum absolute atomic E-state index is 0.0361. The van der Waals surface area contributed by atoms with Crippen molar-refractivity contribution in [3.63, 3.8) is 0 Å². The van der Waals surface area contributed by atoms with Gasteiger partial charge in [-0.1, -0.05) is 57.6 Å². The van der Waals surface area contributed by atoms with E-state index in [2.05, 4.69) is 13.0 Å². The third kappa shape index (κ3) is 13.1. The van der Waals surface area contributed by atoms with Gasteiger partial charge in [0, 0.05) is 0 Å². The minimum atomic E-state index is -0.342. The zero-order valence-corrected chi connectivity index (χ0v) is 11.1. The lowest BCUT2D eigenvalue weighted by Gasteiger charge is -1.99. The van der Waals surface area contributed by atoms with Crippen LogP contribution in [0.2, 0.25) is 0 Å². The molecule has 3 nitrogen and oxygen atoms in total. The molecule has 2 N–H and O–H groups in total. The highest BCUT2D eigenvalue weighted by Crippen LogP contribution is 2.08. The van der Waals surface area contributed by atoms with Gasteiger partial charge >= 0.3 is 5.97 Å². The number of ether oxygens (including phenoxy) is 1. The Morgan fingerprint density at radius 3 is 2.35 bits per heavy atom. The fourth-order valence-corrected chi connectivity index (χ4v) is 1.61. The third-order valence-electron chi connectivity index (χ3n) is 2.65. The number of nitrogens with two attached hydrogens (primary N) is 1. The van der Waals surface area contributed by atoms with Crippen LogP contribution in [0.25, 0.3) is 0 Å². The van der Waals surface area contributed by atoms with Crippen LogP contribution in [0.1, 0.15) is 58.3 Å². The second-order valence-corrected chi connectivity index (χ2v) is 4.27. The number of unbranched alkanes of at least 4 members (excludes halogenated alkanes) is 7. The molecule has 0 aromatic rings. The summed E-state index contributed by atoms with van der Waals surface area (Å²) in [6.45, 7) is 2.56. The van der Waals surface area contributed by atoms with Crippen LogP contribution in [0.3, 0.4) is 0 Å². The van der Waals surface area contributed by atoms with Crippen molar-refractivity contribution in [1.82, 2.24) is 0 Å². The Morgan fingerprint density at radius 2 is 1.71 bits per heavy atom. The van der Waals surface area contributed by atoms with Crippen LogP contribution in [0.5, 0.6) is 0 Å². The molecular formula is C14H27NO2. The van der Waals surface area contributed by atoms with Gasteiger partial charge in [0.15, 0.2) is 0 Å². The minimum Gasteiger partial charge on any atom is -0.461 e. The van der Waals surface area contributed by atoms with Gasteiger partial charge in [0.25, 0.3) is 0 Å². The van der Waals surface area contributed by atoms with Crippen molar-refractivity contribution >= 4 is 5.97 Å². The monoisotopic (exact) mass is 241 g/mol. The van der Waals surface area contributed by atoms with Gasteiger partial charge in [0.2, 0.25) is 0 Å². The summed E-state index contributed by atoms with van der Waals surface area (Å²) in [5.74, 6) is -0.342. The fourth-order valence-electron chi connectivity index (χ4n) is 1.61. The number of hydrogen-bond acceptors (Lipinski definition) is 3. The van der Waals surface area contributed by atoms with Crippen LogP contribution < -0.4 is 5.73 Å². The van der Waals surface area contributed by atoms with Gasteiger partial charge in [-0.05, 0) is 12.8 Å². The molecular weight excluding hydrogens is 214 g/mol. The van der Waals surface area contributed by atoms with Crippen molar-refractivity contribution in [2.45, 2.75) is 58.3 Å². The van der Waals surface area contributed by atoms with Crippen molar-refractivity contribution in [2.24, 2.45) is 5.73 Å². The Morgan fingerprint density at radius 1 is 1.06 bits per heavy atom. The lowest BCUT2D eigenvalue weighted by molar-refractivity contribution is -0.140. The Bertz CT molecular complexity index is 202. The molecule has 0 unspecified atom stereocenters. The van der Waals surface area contributed by atoms with Gasteiger partial charge in [-0.3, -0.25) is 4.79 Å². The van der Waals surface area contributed by atoms with E-state index in [1.54, 1.807) is 0 Å². The van der Waals surface area contributed by atoms with E-state index in [9.17, 15) is 4.79 Å². The highest BCUT2D eigenvalue weighted by atomic mass is 16.5. The number of rotatable bonds is 11. The highest BCUT2D eigenvalue weighted by Gasteiger charge is 1.94. The van der Waals surface area contributed by atoms with E-state index in [4.69, 9.17) is 10.5 Å². The summed E-state index contributed by atoms with van der Waals surface area (Å²) in [6.07, 6.45) is 14.3. The van der Waals surface area contributed by atoms with E-state index in [0.717, 1.165) is 6.42 Å². The second-order valence-electron chi connectivity index (χ2n) is 4.27. The normalized spacial score (nSPS) is 10.9. The summed E-state index contributed by atoms with van der Waals surface area (Å²) in [5.41, 5.74) is 5.10. The highest BCUT2D eigenvalue weighted by molar-refractivity contribution is 5.71. The van der Waals surface area contributed by atoms with Crippen molar-refractivity contribution in [1.29, 1.82) is 0 Å². The van der Waals surface area contributed by atoms with Crippen molar-refractivity contribution < 1.29 is 9.53 Å². The Balaban J connectivity index is 3.11. The number of carbonyl (C=O) groups is 1. The van der Waals surface area contributed by atoms with E-state index in [1.807, 2.05) is 6.08 Å². The molecule has 0 rings (SSSR count). The van der Waals surface area contributed by atoms with Crippen LogP contribution in [0, 0.1) is 0 Å². The summed E-state index contributed by atoms with van der Waals surface area (Å²) >= 11 is 0. The Hall–Kier alpha value is -0.830. The molecule has 100 valence electrons. The predicted octanol–water partition coefficient (Wildman–Crippen LogP) is 3.19. The summed E-state index contributed by atoms with van der Waals surface area (Å²) in [7, 11) is 0. The Kier molecular flexibility index (Phi) is 12.6. The fraction of sp³-hybridized carbons (Fsp3) is 0.786. The van der Waals surface area contributed by atoms with Crippen molar-refractivity contribution in [3.8, 4) is 0 Å². The molecule has 0 aliphatic carbocycles. The number of esters is 1. The van der Waals surface area contributed by atoms with Crippen LogP contribution in [0.15, 0.2) is 12.2 Å². The van der Waals surface area contributed by atoms with Crippen LogP contribution in [-0.2, 0) is 9.53 Å². The SMILES string of the molecule is CCCCCCCCC/C=C\COC(=O)CN. The lowest BCUT2D eigenvalue weighted by Crippen LogP contribution is -2.16. The van der Waals surface area contributed by atoms with Crippen molar-refractivity contribution in [2.75, 3.05) is 13.2 Å². The molecule has 17 heavy (non-hydrogen) atoms. The molecule has 0 aliphatic rings. The maximum atomic E-state index is 10.7. The van der Waals surface area contributed by atoms with Gasteiger partial charge in [-0.2, -0.15) is 0 Å². The average molecular weight is 241 g/mol. The molecule has 0 spiro atoms. The molecule has 0 amide bonds. The van der Waals surface area contributed by atoms with Gasteiger partial charge in [0.05, 0.1) is 6.54 Å². The van der Waals surface area contributed by atoms with Gasteiger partial charge in [0.1, 0.15) is 6.61 Å². The maximum Gasteiger partial charge on any atom is 0.320 e. The van der Waals surface area contributed by atoms with Crippen LogP contribution in [-0.4, -0.2) is 19.1 Å². The predicted molar refractivity (Wildman–Crippen MR) is 71.8 cm³/mol. The standard InChI is InChI=1S/C14H27NO2/c1-2-3-4-5-6-7-8-9-10-11-12-17-14(16)13-15/h10-11H,2-9,12-13,15H2,1H3/b11-10-. The van der Waals surface area contributed by atoms with Gasteiger partial charge < -0.3 is 10.5 Å². The van der Waals surface area contributed by atoms with Crippen LogP contribution in [0.4, 0.5) is 0 Å². The quantitative estimate of drug-likeness (QED) is 0.343. The largest absolute Gasteiger partial charge is 0.461 e. The maximum absolute atomic E-state index is 10.7. The van der Waals surface area contributed by atoms with Crippen molar-refractivity contribution in [3.05, 3.63) is 12.2 Å². The first kappa shape index (κ1) is 16.2. The molecule has 0 heterocycles. The van der Waals surface area contributed by atoms with E-state index >= 15 is 0 Å². The summed E-state index contributed by atoms with van der Waals surface area (Å²) in [5, 5.41) is 0. The number of carbonyl (C=O) groups excluding carboxylic acids is 1. The molecule has 0 atom stereocenters. The zero-order chi connectivity index (χ0) is 12.8.